The van der Waals surface area contributed by atoms with Crippen LogP contribution in [0.3, 0.4) is 0 Å². The molecular weight excluding hydrogens is 563 g/mol. The van der Waals surface area contributed by atoms with Gasteiger partial charge in [0.1, 0.15) is 23.5 Å². The highest BCUT2D eigenvalue weighted by atomic mass is 32.2. The topological polar surface area (TPSA) is 115 Å². The Morgan fingerprint density at radius 2 is 1.83 bits per heavy atom. The van der Waals surface area contributed by atoms with E-state index in [0.29, 0.717) is 12.2 Å². The van der Waals surface area contributed by atoms with E-state index < -0.39 is 45.8 Å². The number of aromatic nitrogens is 5. The van der Waals surface area contributed by atoms with Gasteiger partial charge >= 0.3 is 6.18 Å². The summed E-state index contributed by atoms with van der Waals surface area (Å²) in [6.07, 6.45) is -1.82. The number of hydrogen-bond acceptors (Lipinski definition) is 8. The number of ether oxygens (including phenoxy) is 1. The lowest BCUT2D eigenvalue weighted by Crippen LogP contribution is -2.60. The first-order valence-electron chi connectivity index (χ1n) is 13.0. The van der Waals surface area contributed by atoms with E-state index in [1.807, 2.05) is 25.7 Å². The van der Waals surface area contributed by atoms with E-state index in [1.165, 1.54) is 40.0 Å². The van der Waals surface area contributed by atoms with Gasteiger partial charge in [0, 0.05) is 31.0 Å². The van der Waals surface area contributed by atoms with Crippen molar-refractivity contribution >= 4 is 21.7 Å². The fourth-order valence-electron chi connectivity index (χ4n) is 5.54. The van der Waals surface area contributed by atoms with Gasteiger partial charge in [-0.05, 0) is 59.1 Å². The highest BCUT2D eigenvalue weighted by Crippen LogP contribution is 2.48. The maximum Gasteiger partial charge on any atom is 0.397 e. The lowest BCUT2D eigenvalue weighted by atomic mass is 9.94. The molecule has 0 aromatic carbocycles. The average Bonchev–Trinajstić information content (AvgIpc) is 3.52. The van der Waals surface area contributed by atoms with Crippen molar-refractivity contribution in [2.24, 2.45) is 18.4 Å². The average molecular weight is 596 g/mol. The van der Waals surface area contributed by atoms with E-state index in [2.05, 4.69) is 10.2 Å². The molecule has 3 aromatic rings. The number of pyridine rings is 1. The number of carbonyl (C=O) groups is 1. The second kappa shape index (κ2) is 9.19. The first-order chi connectivity index (χ1) is 18.8. The van der Waals surface area contributed by atoms with Crippen molar-refractivity contribution in [3.05, 3.63) is 41.9 Å². The number of nitrogens with zero attached hydrogens (tertiary/aromatic N) is 7. The number of halogens is 3. The Kier molecular flexibility index (Phi) is 6.48. The number of rotatable bonds is 6. The predicted octanol–water partition coefficient (Wildman–Crippen LogP) is 4.07. The van der Waals surface area contributed by atoms with Crippen molar-refractivity contribution in [2.75, 3.05) is 11.5 Å². The van der Waals surface area contributed by atoms with Crippen LogP contribution in [-0.2, 0) is 17.1 Å². The Balaban J connectivity index is 1.54. The standard InChI is InChI=1S/C26H32F3N7O4S/c1-15-12-25(5,6)35-21-17(23(37)36(22(15)35)41(38,39)18-13-33(7)31-16(18)2)8-9-19(30-21)34-11-10-20(32-34)40-14-24(3,4)26(27,28)29/h8-11,13,15,22H,12,14H2,1-7H3/t15-,22?/m0/s1. The van der Waals surface area contributed by atoms with Crippen molar-refractivity contribution in [3.8, 4) is 11.7 Å². The summed E-state index contributed by atoms with van der Waals surface area (Å²) in [4.78, 5) is 20.4. The molecule has 0 N–H and O–H groups in total. The Labute approximate surface area is 235 Å². The minimum Gasteiger partial charge on any atom is -0.476 e. The molecule has 1 amide bonds. The minimum absolute atomic E-state index is 0.0185. The highest BCUT2D eigenvalue weighted by Gasteiger charge is 2.56. The van der Waals surface area contributed by atoms with Gasteiger partial charge in [0.2, 0.25) is 5.88 Å². The summed E-state index contributed by atoms with van der Waals surface area (Å²) in [6.45, 7) is 8.85. The molecular formula is C26H32F3N7O4S. The summed E-state index contributed by atoms with van der Waals surface area (Å²) in [5.74, 6) is -0.351. The van der Waals surface area contributed by atoms with Crippen LogP contribution >= 0.6 is 0 Å². The molecule has 2 aliphatic heterocycles. The van der Waals surface area contributed by atoms with Crippen molar-refractivity contribution in [1.82, 2.24) is 28.9 Å². The summed E-state index contributed by atoms with van der Waals surface area (Å²) in [5.41, 5.74) is -2.25. The van der Waals surface area contributed by atoms with Crippen LogP contribution in [0.1, 0.15) is 57.1 Å². The number of aryl methyl sites for hydroxylation is 2. The molecule has 1 fully saturated rings. The summed E-state index contributed by atoms with van der Waals surface area (Å²) >= 11 is 0. The summed E-state index contributed by atoms with van der Waals surface area (Å²) in [7, 11) is -2.66. The molecule has 0 aliphatic carbocycles. The smallest absolute Gasteiger partial charge is 0.397 e. The van der Waals surface area contributed by atoms with Crippen LogP contribution in [0, 0.1) is 18.3 Å². The van der Waals surface area contributed by atoms with Crippen LogP contribution in [-0.4, -0.2) is 67.7 Å². The Morgan fingerprint density at radius 3 is 2.44 bits per heavy atom. The number of anilines is 1. The zero-order valence-corrected chi connectivity index (χ0v) is 24.6. The van der Waals surface area contributed by atoms with Gasteiger partial charge in [0.25, 0.3) is 15.9 Å². The fourth-order valence-corrected chi connectivity index (χ4v) is 7.36. The van der Waals surface area contributed by atoms with Gasteiger partial charge in [-0.2, -0.15) is 18.3 Å². The number of carbonyl (C=O) groups excluding carboxylic acids is 1. The lowest BCUT2D eigenvalue weighted by Gasteiger charge is -2.45. The highest BCUT2D eigenvalue weighted by molar-refractivity contribution is 7.89. The third kappa shape index (κ3) is 4.63. The van der Waals surface area contributed by atoms with Gasteiger partial charge in [0.05, 0.1) is 16.7 Å². The normalized spacial score (nSPS) is 20.8. The second-order valence-electron chi connectivity index (χ2n) is 11.9. The first-order valence-corrected chi connectivity index (χ1v) is 14.4. The minimum atomic E-state index is -4.45. The molecule has 2 atom stereocenters. The number of fused-ring (bicyclic) bond motifs is 3. The predicted molar refractivity (Wildman–Crippen MR) is 142 cm³/mol. The molecule has 11 nitrogen and oxygen atoms in total. The zero-order chi connectivity index (χ0) is 30.3. The molecule has 3 aromatic heterocycles. The maximum atomic E-state index is 13.9. The largest absolute Gasteiger partial charge is 0.476 e. The van der Waals surface area contributed by atoms with Gasteiger partial charge in [-0.15, -0.1) is 5.10 Å². The fraction of sp³-hybridized carbons (Fsp3) is 0.538. The van der Waals surface area contributed by atoms with E-state index >= 15 is 0 Å². The van der Waals surface area contributed by atoms with Crippen LogP contribution in [0.2, 0.25) is 0 Å². The van der Waals surface area contributed by atoms with Gasteiger partial charge in [-0.3, -0.25) is 9.48 Å². The number of sulfonamides is 1. The van der Waals surface area contributed by atoms with Gasteiger partial charge in [-0.25, -0.2) is 22.4 Å². The van der Waals surface area contributed by atoms with Gasteiger partial charge < -0.3 is 9.64 Å². The third-order valence-electron chi connectivity index (χ3n) is 7.66. The third-order valence-corrected chi connectivity index (χ3v) is 9.52. The number of hydrogen-bond donors (Lipinski definition) is 0. The van der Waals surface area contributed by atoms with Crippen molar-refractivity contribution in [2.45, 2.75) is 70.7 Å². The Hall–Kier alpha value is -3.62. The molecule has 15 heteroatoms. The Morgan fingerprint density at radius 1 is 1.15 bits per heavy atom. The Bertz CT molecular complexity index is 1630. The molecule has 1 unspecified atom stereocenters. The number of alkyl halides is 3. The van der Waals surface area contributed by atoms with Crippen LogP contribution in [0.15, 0.2) is 35.5 Å². The van der Waals surface area contributed by atoms with Crippen LogP contribution < -0.4 is 9.64 Å². The summed E-state index contributed by atoms with van der Waals surface area (Å²) in [5, 5.41) is 8.38. The molecule has 0 saturated carbocycles. The first kappa shape index (κ1) is 28.9. The van der Waals surface area contributed by atoms with Gasteiger partial charge in [-0.1, -0.05) is 6.92 Å². The number of amides is 1. The molecule has 0 radical (unpaired) electrons. The second-order valence-corrected chi connectivity index (χ2v) is 13.7. The zero-order valence-electron chi connectivity index (χ0n) is 23.8. The molecule has 222 valence electrons. The van der Waals surface area contributed by atoms with E-state index in [1.54, 1.807) is 14.0 Å². The molecule has 0 bridgehead atoms. The van der Waals surface area contributed by atoms with Crippen LogP contribution in [0.25, 0.3) is 5.82 Å². The SMILES string of the molecule is Cc1nn(C)cc1S(=O)(=O)N1C(=O)c2ccc(-n3ccc(OCC(C)(C)C(F)(F)F)n3)nc2N2C1[C@@H](C)CC2(C)C. The van der Waals surface area contributed by atoms with E-state index in [0.717, 1.165) is 18.2 Å². The lowest BCUT2D eigenvalue weighted by molar-refractivity contribution is -0.219. The molecule has 41 heavy (non-hydrogen) atoms. The van der Waals surface area contributed by atoms with Gasteiger partial charge in [0.15, 0.2) is 5.82 Å². The molecule has 2 aliphatic rings. The molecule has 0 spiro atoms. The van der Waals surface area contributed by atoms with Crippen molar-refractivity contribution < 1.29 is 31.1 Å². The monoisotopic (exact) mass is 595 g/mol. The molecule has 5 heterocycles. The van der Waals surface area contributed by atoms with Crippen molar-refractivity contribution in [1.29, 1.82) is 0 Å². The quantitative estimate of drug-likeness (QED) is 0.419. The molecule has 5 rings (SSSR count). The van der Waals surface area contributed by atoms with E-state index in [4.69, 9.17) is 9.72 Å². The van der Waals surface area contributed by atoms with E-state index in [9.17, 15) is 26.4 Å². The van der Waals surface area contributed by atoms with Crippen LogP contribution in [0.4, 0.5) is 19.0 Å². The van der Waals surface area contributed by atoms with E-state index in [-0.39, 0.29) is 33.8 Å². The maximum absolute atomic E-state index is 13.9. The van der Waals surface area contributed by atoms with Crippen molar-refractivity contribution in [3.63, 3.8) is 0 Å². The molecule has 1 saturated heterocycles. The van der Waals surface area contributed by atoms with Crippen LogP contribution in [0.5, 0.6) is 5.88 Å². The summed E-state index contributed by atoms with van der Waals surface area (Å²) in [6, 6.07) is 4.41. The summed E-state index contributed by atoms with van der Waals surface area (Å²) < 4.78 is 76.5.